The van der Waals surface area contributed by atoms with Gasteiger partial charge in [0.1, 0.15) is 0 Å². The minimum absolute atomic E-state index is 0. The minimum Gasteiger partial charge on any atom is -0.421 e. The van der Waals surface area contributed by atoms with E-state index < -0.39 is 6.43 Å². The van der Waals surface area contributed by atoms with Gasteiger partial charge in [0.15, 0.2) is 0 Å². The summed E-state index contributed by atoms with van der Waals surface area (Å²) in [7, 11) is 0. The van der Waals surface area contributed by atoms with E-state index >= 15 is 0 Å². The molecule has 3 heteroatoms. The second-order valence-electron chi connectivity index (χ2n) is 3.98. The number of hydrogen-bond donors (Lipinski definition) is 0. The van der Waals surface area contributed by atoms with Gasteiger partial charge in [-0.3, -0.25) is 0 Å². The third-order valence-electron chi connectivity index (χ3n) is 3.30. The Balaban J connectivity index is 0.000000720. The van der Waals surface area contributed by atoms with Crippen LogP contribution in [0, 0.1) is 64.6 Å². The molecule has 3 atom stereocenters. The summed E-state index contributed by atoms with van der Waals surface area (Å²) >= 11 is 0. The zero-order valence-corrected chi connectivity index (χ0v) is 9.55. The van der Waals surface area contributed by atoms with Crippen LogP contribution in [0.4, 0.5) is 8.78 Å². The first-order valence-electron chi connectivity index (χ1n) is 4.42. The second-order valence-corrected chi connectivity index (χ2v) is 3.98. The monoisotopic (exact) mass is 311 g/mol. The van der Waals surface area contributed by atoms with Crippen LogP contribution in [0.25, 0.3) is 0 Å². The van der Waals surface area contributed by atoms with Gasteiger partial charge in [-0.15, -0.1) is 6.42 Å². The van der Waals surface area contributed by atoms with Crippen molar-refractivity contribution in [3.05, 3.63) is 6.43 Å². The molecule has 0 aromatic heterocycles. The van der Waals surface area contributed by atoms with Crippen LogP contribution < -0.4 is 0 Å². The molecule has 2 saturated carbocycles. The summed E-state index contributed by atoms with van der Waals surface area (Å²) in [5.74, 6) is 1.77. The Morgan fingerprint density at radius 1 is 1.17 bits per heavy atom. The van der Waals surface area contributed by atoms with E-state index in [0.717, 1.165) is 12.3 Å². The molecule has 0 N–H and O–H groups in total. The van der Waals surface area contributed by atoms with Crippen LogP contribution in [0.2, 0.25) is 0 Å². The van der Waals surface area contributed by atoms with Crippen molar-refractivity contribution < 1.29 is 49.2 Å². The van der Waals surface area contributed by atoms with Crippen molar-refractivity contribution in [2.75, 3.05) is 0 Å². The van der Waals surface area contributed by atoms with Crippen molar-refractivity contribution in [1.29, 1.82) is 0 Å². The van der Waals surface area contributed by atoms with Crippen molar-refractivity contribution in [1.82, 2.24) is 0 Å². The van der Waals surface area contributed by atoms with Gasteiger partial charge in [-0.2, -0.15) is 0 Å². The normalized spacial score (nSPS) is 38.8. The molecule has 2 bridgehead atoms. The van der Waals surface area contributed by atoms with Gasteiger partial charge in [0, 0.05) is 46.8 Å². The second kappa shape index (κ2) is 4.62. The fourth-order valence-corrected chi connectivity index (χ4v) is 2.82. The number of rotatable bonds is 2. The van der Waals surface area contributed by atoms with Crippen LogP contribution in [0.15, 0.2) is 0 Å². The fraction of sp³-hybridized carbons (Fsp3) is 0.889. The van der Waals surface area contributed by atoms with E-state index in [-0.39, 0.29) is 46.8 Å². The zero-order valence-electron chi connectivity index (χ0n) is 6.93. The Morgan fingerprint density at radius 2 is 1.92 bits per heavy atom. The summed E-state index contributed by atoms with van der Waals surface area (Å²) in [6, 6.07) is 0. The maximum Gasteiger partial charge on any atom is 0.00160 e. The molecule has 2 fully saturated rings. The first-order chi connectivity index (χ1) is 5.25. The topological polar surface area (TPSA) is 0 Å². The van der Waals surface area contributed by atoms with E-state index in [1.165, 1.54) is 19.3 Å². The van der Waals surface area contributed by atoms with Crippen molar-refractivity contribution in [3.8, 4) is 0 Å². The van der Waals surface area contributed by atoms with Crippen LogP contribution >= 0.6 is 0 Å². The van der Waals surface area contributed by atoms with Gasteiger partial charge in [0.25, 0.3) is 0 Å². The predicted molar refractivity (Wildman–Crippen MR) is 39.0 cm³/mol. The van der Waals surface area contributed by atoms with E-state index in [4.69, 9.17) is 0 Å². The van der Waals surface area contributed by atoms with Gasteiger partial charge in [-0.25, -0.2) is 0 Å². The summed E-state index contributed by atoms with van der Waals surface area (Å²) in [5, 5.41) is 0. The number of fused-ring (bicyclic) bond motifs is 2. The van der Waals surface area contributed by atoms with Gasteiger partial charge in [-0.1, -0.05) is 12.3 Å². The zero-order chi connectivity index (χ0) is 7.84. The van der Waals surface area contributed by atoms with E-state index in [2.05, 4.69) is 0 Å². The predicted octanol–water partition coefficient (Wildman–Crippen LogP) is 3.24. The summed E-state index contributed by atoms with van der Waals surface area (Å²) in [6.07, 6.45) is 3.54. The van der Waals surface area contributed by atoms with Crippen molar-refractivity contribution in [2.45, 2.75) is 32.1 Å². The number of hydrogen-bond acceptors (Lipinski definition) is 0. The standard InChI is InChI=1S/C9H13F2.Sm/c10-9(11)5-8-4-6-1-2-7(8)3-6;/h6-8H,1-5H2;/q-1;. The molecular weight excluding hydrogens is 296 g/mol. The average Bonchev–Trinajstić information content (AvgIpc) is 2.45. The maximum atomic E-state index is 11.9. The van der Waals surface area contributed by atoms with Crippen molar-refractivity contribution in [2.24, 2.45) is 17.8 Å². The number of halogens is 2. The first-order valence-corrected chi connectivity index (χ1v) is 4.42. The molecule has 0 aromatic rings. The Hall–Kier alpha value is 1.20. The molecule has 0 nitrogen and oxygen atoms in total. The van der Waals surface area contributed by atoms with E-state index in [9.17, 15) is 8.78 Å². The molecular formula is C9H13F2Sm-. The largest absolute Gasteiger partial charge is 0.421 e. The quantitative estimate of drug-likeness (QED) is 0.687. The minimum atomic E-state index is -1.36. The van der Waals surface area contributed by atoms with Gasteiger partial charge in [0.05, 0.1) is 0 Å². The molecule has 2 rings (SSSR count). The van der Waals surface area contributed by atoms with Gasteiger partial charge < -0.3 is 8.78 Å². The Morgan fingerprint density at radius 3 is 2.33 bits per heavy atom. The molecule has 0 aromatic carbocycles. The van der Waals surface area contributed by atoms with Gasteiger partial charge in [-0.05, 0) is 31.1 Å². The van der Waals surface area contributed by atoms with Crippen molar-refractivity contribution >= 4 is 0 Å². The summed E-state index contributed by atoms with van der Waals surface area (Å²) in [5.41, 5.74) is 0. The molecule has 2 aliphatic rings. The summed E-state index contributed by atoms with van der Waals surface area (Å²) < 4.78 is 23.9. The van der Waals surface area contributed by atoms with Crippen molar-refractivity contribution in [3.63, 3.8) is 0 Å². The van der Waals surface area contributed by atoms with Gasteiger partial charge in [0.2, 0.25) is 0 Å². The molecule has 2 aliphatic carbocycles. The van der Waals surface area contributed by atoms with Crippen LogP contribution in [0.3, 0.4) is 0 Å². The first kappa shape index (κ1) is 11.3. The smallest absolute Gasteiger partial charge is 0.00160 e. The SMILES string of the molecule is F[C-](F)CC1CC2CCC1C2.[Sm]. The molecule has 0 heterocycles. The molecule has 3 unspecified atom stereocenters. The van der Waals surface area contributed by atoms with Crippen LogP contribution in [0.5, 0.6) is 0 Å². The summed E-state index contributed by atoms with van der Waals surface area (Å²) in [4.78, 5) is 0. The van der Waals surface area contributed by atoms with Crippen LogP contribution in [-0.2, 0) is 0 Å². The Kier molecular flexibility index (Phi) is 4.34. The summed E-state index contributed by atoms with van der Waals surface area (Å²) in [6.45, 7) is 0. The Labute approximate surface area is 105 Å². The molecule has 0 aliphatic heterocycles. The maximum absolute atomic E-state index is 11.9. The van der Waals surface area contributed by atoms with E-state index in [1.54, 1.807) is 0 Å². The van der Waals surface area contributed by atoms with Crippen LogP contribution in [0.1, 0.15) is 32.1 Å². The Bertz CT molecular complexity index is 149. The molecule has 0 amide bonds. The molecule has 0 radical (unpaired) electrons. The molecule has 12 heavy (non-hydrogen) atoms. The van der Waals surface area contributed by atoms with Crippen LogP contribution in [-0.4, -0.2) is 0 Å². The fourth-order valence-electron chi connectivity index (χ4n) is 2.82. The molecule has 0 spiro atoms. The average molecular weight is 310 g/mol. The third kappa shape index (κ3) is 2.36. The third-order valence-corrected chi connectivity index (χ3v) is 3.30. The molecule has 70 valence electrons. The van der Waals surface area contributed by atoms with Gasteiger partial charge >= 0.3 is 0 Å². The molecule has 0 saturated heterocycles. The van der Waals surface area contributed by atoms with E-state index in [1.807, 2.05) is 0 Å². The van der Waals surface area contributed by atoms with E-state index in [0.29, 0.717) is 11.8 Å².